The summed E-state index contributed by atoms with van der Waals surface area (Å²) < 4.78 is 27.4. The smallest absolute Gasteiger partial charge is 0.259 e. The molecule has 2 nitrogen and oxygen atoms in total. The fourth-order valence-electron chi connectivity index (χ4n) is 1.41. The normalized spacial score (nSPS) is 10.4. The maximum Gasteiger partial charge on any atom is 0.259 e. The number of rotatable bonds is 4. The Bertz CT molecular complexity index is 405. The molecule has 0 aliphatic rings. The number of carbonyl (C=O) groups is 1. The van der Waals surface area contributed by atoms with E-state index in [1.54, 1.807) is 6.92 Å². The molecule has 0 heterocycles. The predicted octanol–water partition coefficient (Wildman–Crippen LogP) is 3.43. The molecule has 1 aromatic carbocycles. The molecule has 0 atom stereocenters. The number of benzene rings is 1. The second-order valence-corrected chi connectivity index (χ2v) is 4.61. The molecule has 0 spiro atoms. The first-order chi connectivity index (χ1) is 8.01. The third-order valence-electron chi connectivity index (χ3n) is 2.24. The first-order valence-electron chi connectivity index (χ1n) is 5.01. The van der Waals surface area contributed by atoms with Crippen LogP contribution in [0, 0.1) is 11.6 Å². The molecule has 0 saturated carbocycles. The maximum absolute atomic E-state index is 13.5. The molecule has 0 aromatic heterocycles. The van der Waals surface area contributed by atoms with Gasteiger partial charge in [0.25, 0.3) is 5.91 Å². The largest absolute Gasteiger partial charge is 0.338 e. The average molecular weight is 327 g/mol. The highest BCUT2D eigenvalue weighted by atomic mass is 79.9. The molecule has 0 radical (unpaired) electrons. The van der Waals surface area contributed by atoms with Gasteiger partial charge in [-0.25, -0.2) is 8.78 Å². The number of carbonyl (C=O) groups excluding carboxylic acids is 1. The van der Waals surface area contributed by atoms with Gasteiger partial charge in [0.15, 0.2) is 0 Å². The molecule has 1 aromatic rings. The summed E-state index contributed by atoms with van der Waals surface area (Å²) in [5, 5.41) is 0. The summed E-state index contributed by atoms with van der Waals surface area (Å²) >= 11 is 8.48. The Morgan fingerprint density at radius 2 is 1.94 bits per heavy atom. The van der Waals surface area contributed by atoms with E-state index < -0.39 is 23.1 Å². The van der Waals surface area contributed by atoms with Crippen LogP contribution < -0.4 is 0 Å². The van der Waals surface area contributed by atoms with Gasteiger partial charge in [-0.15, -0.1) is 11.6 Å². The van der Waals surface area contributed by atoms with Crippen LogP contribution in [0.2, 0.25) is 0 Å². The van der Waals surface area contributed by atoms with Gasteiger partial charge in [-0.2, -0.15) is 0 Å². The van der Waals surface area contributed by atoms with Gasteiger partial charge < -0.3 is 4.90 Å². The second kappa shape index (κ2) is 6.31. The van der Waals surface area contributed by atoms with Gasteiger partial charge in [-0.1, -0.05) is 15.9 Å². The van der Waals surface area contributed by atoms with Crippen molar-refractivity contribution in [3.8, 4) is 0 Å². The highest BCUT2D eigenvalue weighted by Crippen LogP contribution is 2.20. The van der Waals surface area contributed by atoms with Crippen molar-refractivity contribution in [3.63, 3.8) is 0 Å². The SMILES string of the molecule is CCN(CCCl)C(=O)c1c(F)cc(Br)cc1F. The quantitative estimate of drug-likeness (QED) is 0.776. The summed E-state index contributed by atoms with van der Waals surface area (Å²) in [5.74, 6) is -2.22. The van der Waals surface area contributed by atoms with Crippen molar-refractivity contribution < 1.29 is 13.6 Å². The minimum absolute atomic E-state index is 0.222. The van der Waals surface area contributed by atoms with E-state index in [0.29, 0.717) is 6.54 Å². The molecule has 17 heavy (non-hydrogen) atoms. The van der Waals surface area contributed by atoms with Gasteiger partial charge >= 0.3 is 0 Å². The van der Waals surface area contributed by atoms with Crippen molar-refractivity contribution in [2.75, 3.05) is 19.0 Å². The van der Waals surface area contributed by atoms with E-state index in [0.717, 1.165) is 12.1 Å². The first-order valence-corrected chi connectivity index (χ1v) is 6.33. The van der Waals surface area contributed by atoms with Gasteiger partial charge in [-0.05, 0) is 19.1 Å². The van der Waals surface area contributed by atoms with Crippen LogP contribution in [0.25, 0.3) is 0 Å². The third-order valence-corrected chi connectivity index (χ3v) is 2.87. The Morgan fingerprint density at radius 1 is 1.41 bits per heavy atom. The van der Waals surface area contributed by atoms with Crippen LogP contribution in [-0.4, -0.2) is 29.8 Å². The molecule has 94 valence electrons. The molecule has 1 amide bonds. The molecule has 0 bridgehead atoms. The molecular weight excluding hydrogens is 315 g/mol. The fraction of sp³-hybridized carbons (Fsp3) is 0.364. The van der Waals surface area contributed by atoms with E-state index in [1.165, 1.54) is 4.90 Å². The number of alkyl halides is 1. The Hall–Kier alpha value is -0.680. The zero-order chi connectivity index (χ0) is 13.0. The van der Waals surface area contributed by atoms with Crippen LogP contribution in [0.4, 0.5) is 8.78 Å². The van der Waals surface area contributed by atoms with Crippen LogP contribution in [0.5, 0.6) is 0 Å². The van der Waals surface area contributed by atoms with Gasteiger partial charge in [0, 0.05) is 23.4 Å². The van der Waals surface area contributed by atoms with E-state index in [4.69, 9.17) is 11.6 Å². The topological polar surface area (TPSA) is 20.3 Å². The highest BCUT2D eigenvalue weighted by molar-refractivity contribution is 9.10. The summed E-state index contributed by atoms with van der Waals surface area (Å²) in [4.78, 5) is 13.2. The standard InChI is InChI=1S/C11H11BrClF2NO/c1-2-16(4-3-13)11(17)10-8(14)5-7(12)6-9(10)15/h5-6H,2-4H2,1H3. The van der Waals surface area contributed by atoms with E-state index in [-0.39, 0.29) is 16.9 Å². The lowest BCUT2D eigenvalue weighted by molar-refractivity contribution is 0.0764. The molecule has 0 saturated heterocycles. The van der Waals surface area contributed by atoms with Gasteiger partial charge in [0.1, 0.15) is 17.2 Å². The van der Waals surface area contributed by atoms with Crippen LogP contribution >= 0.6 is 27.5 Å². The lowest BCUT2D eigenvalue weighted by atomic mass is 10.1. The van der Waals surface area contributed by atoms with Crippen molar-refractivity contribution in [2.24, 2.45) is 0 Å². The summed E-state index contributed by atoms with van der Waals surface area (Å²) in [6.07, 6.45) is 0. The monoisotopic (exact) mass is 325 g/mol. The van der Waals surface area contributed by atoms with E-state index in [1.807, 2.05) is 0 Å². The van der Waals surface area contributed by atoms with E-state index in [9.17, 15) is 13.6 Å². The second-order valence-electron chi connectivity index (χ2n) is 3.32. The number of amides is 1. The Labute approximate surface area is 112 Å². The molecule has 0 unspecified atom stereocenters. The Kier molecular flexibility index (Phi) is 5.33. The number of hydrogen-bond donors (Lipinski definition) is 0. The number of hydrogen-bond acceptors (Lipinski definition) is 1. The predicted molar refractivity (Wildman–Crippen MR) is 66.4 cm³/mol. The van der Waals surface area contributed by atoms with Crippen LogP contribution in [0.3, 0.4) is 0 Å². The van der Waals surface area contributed by atoms with Crippen molar-refractivity contribution in [3.05, 3.63) is 33.8 Å². The zero-order valence-electron chi connectivity index (χ0n) is 9.14. The number of halogens is 4. The van der Waals surface area contributed by atoms with Crippen molar-refractivity contribution >= 4 is 33.4 Å². The maximum atomic E-state index is 13.5. The Balaban J connectivity index is 3.11. The summed E-state index contributed by atoms with van der Waals surface area (Å²) in [7, 11) is 0. The van der Waals surface area contributed by atoms with Gasteiger partial charge in [0.05, 0.1) is 0 Å². The molecular formula is C11H11BrClF2NO. The van der Waals surface area contributed by atoms with Crippen molar-refractivity contribution in [1.82, 2.24) is 4.90 Å². The first kappa shape index (κ1) is 14.4. The summed E-state index contributed by atoms with van der Waals surface area (Å²) in [6.45, 7) is 2.32. The summed E-state index contributed by atoms with van der Waals surface area (Å²) in [5.41, 5.74) is -0.542. The minimum Gasteiger partial charge on any atom is -0.338 e. The molecule has 0 aliphatic heterocycles. The fourth-order valence-corrected chi connectivity index (χ4v) is 2.02. The van der Waals surface area contributed by atoms with Crippen LogP contribution in [0.1, 0.15) is 17.3 Å². The van der Waals surface area contributed by atoms with Crippen LogP contribution in [-0.2, 0) is 0 Å². The minimum atomic E-state index is -0.880. The molecule has 6 heteroatoms. The van der Waals surface area contributed by atoms with Gasteiger partial charge in [-0.3, -0.25) is 4.79 Å². The lowest BCUT2D eigenvalue weighted by Gasteiger charge is -2.20. The molecule has 0 N–H and O–H groups in total. The zero-order valence-corrected chi connectivity index (χ0v) is 11.5. The molecule has 1 rings (SSSR count). The van der Waals surface area contributed by atoms with Gasteiger partial charge in [0.2, 0.25) is 0 Å². The third kappa shape index (κ3) is 3.39. The molecule has 0 fully saturated rings. The van der Waals surface area contributed by atoms with Crippen LogP contribution in [0.15, 0.2) is 16.6 Å². The highest BCUT2D eigenvalue weighted by Gasteiger charge is 2.22. The van der Waals surface area contributed by atoms with E-state index in [2.05, 4.69) is 15.9 Å². The van der Waals surface area contributed by atoms with E-state index >= 15 is 0 Å². The lowest BCUT2D eigenvalue weighted by Crippen LogP contribution is -2.33. The number of nitrogens with zero attached hydrogens (tertiary/aromatic N) is 1. The summed E-state index contributed by atoms with van der Waals surface area (Å²) in [6, 6.07) is 2.12. The average Bonchev–Trinajstić information content (AvgIpc) is 2.24. The molecule has 0 aliphatic carbocycles. The van der Waals surface area contributed by atoms with Crippen molar-refractivity contribution in [1.29, 1.82) is 0 Å². The Morgan fingerprint density at radius 3 is 2.35 bits per heavy atom. The van der Waals surface area contributed by atoms with Crippen molar-refractivity contribution in [2.45, 2.75) is 6.92 Å².